The number of aromatic nitrogens is 4. The van der Waals surface area contributed by atoms with Gasteiger partial charge in [0.1, 0.15) is 11.5 Å². The van der Waals surface area contributed by atoms with Crippen LogP contribution < -0.4 is 11.1 Å². The van der Waals surface area contributed by atoms with Crippen molar-refractivity contribution in [2.45, 2.75) is 38.0 Å². The fourth-order valence-electron chi connectivity index (χ4n) is 2.96. The lowest BCUT2D eigenvalue weighted by Gasteiger charge is -2.17. The summed E-state index contributed by atoms with van der Waals surface area (Å²) in [5, 5.41) is 17.3. The average molecular weight is 324 g/mol. The molecule has 124 valence electrons. The zero-order valence-electron chi connectivity index (χ0n) is 12.3. The molecule has 0 spiro atoms. The van der Waals surface area contributed by atoms with E-state index in [1.165, 1.54) is 0 Å². The van der Waals surface area contributed by atoms with E-state index in [1.54, 1.807) is 6.20 Å². The Morgan fingerprint density at radius 2 is 2.22 bits per heavy atom. The zero-order valence-corrected chi connectivity index (χ0v) is 12.3. The predicted octanol–water partition coefficient (Wildman–Crippen LogP) is 1.44. The molecule has 2 heterocycles. The van der Waals surface area contributed by atoms with Crippen molar-refractivity contribution in [1.82, 2.24) is 19.7 Å². The SMILES string of the molecule is Nc1nc(N[C@@H]2CC(Cn3cccn3)C[C@H]2O)cc(C(F)F)n1. The van der Waals surface area contributed by atoms with Crippen molar-refractivity contribution < 1.29 is 13.9 Å². The molecule has 3 rings (SSSR count). The maximum Gasteiger partial charge on any atom is 0.280 e. The molecule has 1 fully saturated rings. The van der Waals surface area contributed by atoms with Crippen molar-refractivity contribution >= 4 is 11.8 Å². The molecule has 0 radical (unpaired) electrons. The second kappa shape index (κ2) is 6.45. The first-order valence-electron chi connectivity index (χ1n) is 7.36. The molecule has 0 aromatic carbocycles. The highest BCUT2D eigenvalue weighted by atomic mass is 19.3. The van der Waals surface area contributed by atoms with Crippen LogP contribution in [0.5, 0.6) is 0 Å². The van der Waals surface area contributed by atoms with Crippen LogP contribution in [0.15, 0.2) is 24.5 Å². The molecule has 2 aromatic rings. The van der Waals surface area contributed by atoms with Crippen molar-refractivity contribution in [1.29, 1.82) is 0 Å². The lowest BCUT2D eigenvalue weighted by molar-refractivity contribution is 0.146. The largest absolute Gasteiger partial charge is 0.391 e. The number of nitrogen functional groups attached to an aromatic ring is 1. The number of alkyl halides is 2. The number of anilines is 2. The van der Waals surface area contributed by atoms with Crippen molar-refractivity contribution in [2.75, 3.05) is 11.1 Å². The number of rotatable bonds is 5. The Labute approximate surface area is 131 Å². The van der Waals surface area contributed by atoms with Crippen LogP contribution in [0.1, 0.15) is 25.0 Å². The van der Waals surface area contributed by atoms with Gasteiger partial charge in [0.25, 0.3) is 6.43 Å². The van der Waals surface area contributed by atoms with E-state index in [0.717, 1.165) is 6.07 Å². The van der Waals surface area contributed by atoms with Gasteiger partial charge < -0.3 is 16.2 Å². The van der Waals surface area contributed by atoms with Crippen LogP contribution in [-0.2, 0) is 6.54 Å². The normalized spacial score (nSPS) is 24.3. The van der Waals surface area contributed by atoms with Crippen LogP contribution in [-0.4, -0.2) is 37.0 Å². The van der Waals surface area contributed by atoms with E-state index in [9.17, 15) is 13.9 Å². The number of halogens is 2. The molecular weight excluding hydrogens is 306 g/mol. The first-order chi connectivity index (χ1) is 11.0. The van der Waals surface area contributed by atoms with Gasteiger partial charge >= 0.3 is 0 Å². The number of aliphatic hydroxyl groups is 1. The third-order valence-electron chi connectivity index (χ3n) is 3.95. The van der Waals surface area contributed by atoms with Crippen LogP contribution in [0.2, 0.25) is 0 Å². The maximum absolute atomic E-state index is 12.8. The van der Waals surface area contributed by atoms with E-state index in [0.29, 0.717) is 19.4 Å². The molecule has 1 unspecified atom stereocenters. The number of hydrogen-bond acceptors (Lipinski definition) is 6. The van der Waals surface area contributed by atoms with Gasteiger partial charge in [-0.3, -0.25) is 4.68 Å². The van der Waals surface area contributed by atoms with E-state index in [2.05, 4.69) is 20.4 Å². The predicted molar refractivity (Wildman–Crippen MR) is 79.8 cm³/mol. The molecule has 0 saturated heterocycles. The molecular formula is C14H18F2N6O. The van der Waals surface area contributed by atoms with Crippen LogP contribution in [0.3, 0.4) is 0 Å². The lowest BCUT2D eigenvalue weighted by Crippen LogP contribution is -2.28. The Balaban J connectivity index is 1.66. The van der Waals surface area contributed by atoms with Crippen molar-refractivity contribution in [3.8, 4) is 0 Å². The number of aliphatic hydroxyl groups excluding tert-OH is 1. The fraction of sp³-hybridized carbons (Fsp3) is 0.500. The summed E-state index contributed by atoms with van der Waals surface area (Å²) in [7, 11) is 0. The molecule has 0 amide bonds. The van der Waals surface area contributed by atoms with Gasteiger partial charge in [-0.15, -0.1) is 0 Å². The monoisotopic (exact) mass is 324 g/mol. The molecule has 0 aliphatic heterocycles. The van der Waals surface area contributed by atoms with E-state index in [-0.39, 0.29) is 23.7 Å². The lowest BCUT2D eigenvalue weighted by atomic mass is 10.1. The maximum atomic E-state index is 12.8. The Morgan fingerprint density at radius 1 is 1.39 bits per heavy atom. The second-order valence-corrected chi connectivity index (χ2v) is 5.72. The molecule has 0 bridgehead atoms. The topological polar surface area (TPSA) is 102 Å². The molecule has 1 aliphatic carbocycles. The van der Waals surface area contributed by atoms with Crippen molar-refractivity contribution in [2.24, 2.45) is 5.92 Å². The van der Waals surface area contributed by atoms with Crippen molar-refractivity contribution in [3.05, 3.63) is 30.2 Å². The Morgan fingerprint density at radius 3 is 2.91 bits per heavy atom. The second-order valence-electron chi connectivity index (χ2n) is 5.72. The smallest absolute Gasteiger partial charge is 0.280 e. The molecule has 1 saturated carbocycles. The number of nitrogens with zero attached hydrogens (tertiary/aromatic N) is 4. The standard InChI is InChI=1S/C14H18F2N6O/c15-13(16)10-6-12(21-14(17)20-10)19-9-4-8(5-11(9)23)7-22-3-1-2-18-22/h1-3,6,8-9,11,13,23H,4-5,7H2,(H3,17,19,20,21)/t8?,9-,11-/m1/s1. The van der Waals surface area contributed by atoms with Gasteiger partial charge in [0.05, 0.1) is 12.1 Å². The van der Waals surface area contributed by atoms with Gasteiger partial charge in [-0.2, -0.15) is 10.1 Å². The van der Waals surface area contributed by atoms with Gasteiger partial charge in [0, 0.05) is 25.0 Å². The fourth-order valence-corrected chi connectivity index (χ4v) is 2.96. The highest BCUT2D eigenvalue weighted by molar-refractivity contribution is 5.42. The quantitative estimate of drug-likeness (QED) is 0.769. The third-order valence-corrected chi connectivity index (χ3v) is 3.95. The van der Waals surface area contributed by atoms with Gasteiger partial charge in [-0.05, 0) is 24.8 Å². The molecule has 7 nitrogen and oxygen atoms in total. The summed E-state index contributed by atoms with van der Waals surface area (Å²) in [5.74, 6) is 0.235. The number of hydrogen-bond donors (Lipinski definition) is 3. The highest BCUT2D eigenvalue weighted by Crippen LogP contribution is 2.30. The summed E-state index contributed by atoms with van der Waals surface area (Å²) >= 11 is 0. The first kappa shape index (κ1) is 15.6. The Bertz CT molecular complexity index is 651. The molecule has 3 atom stereocenters. The highest BCUT2D eigenvalue weighted by Gasteiger charge is 2.33. The summed E-state index contributed by atoms with van der Waals surface area (Å²) in [4.78, 5) is 7.40. The Hall–Kier alpha value is -2.29. The van der Waals surface area contributed by atoms with Gasteiger partial charge in [-0.1, -0.05) is 0 Å². The Kier molecular flexibility index (Phi) is 4.37. The van der Waals surface area contributed by atoms with Gasteiger partial charge in [-0.25, -0.2) is 13.8 Å². The van der Waals surface area contributed by atoms with Crippen LogP contribution in [0.25, 0.3) is 0 Å². The van der Waals surface area contributed by atoms with E-state index in [1.807, 2.05) is 16.9 Å². The third kappa shape index (κ3) is 3.73. The molecule has 1 aliphatic rings. The van der Waals surface area contributed by atoms with Crippen molar-refractivity contribution in [3.63, 3.8) is 0 Å². The zero-order chi connectivity index (χ0) is 16.4. The van der Waals surface area contributed by atoms with Crippen LogP contribution >= 0.6 is 0 Å². The van der Waals surface area contributed by atoms with Gasteiger partial charge in [0.2, 0.25) is 5.95 Å². The minimum absolute atomic E-state index is 0.205. The van der Waals surface area contributed by atoms with Crippen LogP contribution in [0, 0.1) is 5.92 Å². The molecule has 23 heavy (non-hydrogen) atoms. The average Bonchev–Trinajstić information content (AvgIpc) is 3.09. The number of nitrogens with two attached hydrogens (primary N) is 1. The molecule has 9 heteroatoms. The minimum Gasteiger partial charge on any atom is -0.391 e. The van der Waals surface area contributed by atoms with Gasteiger partial charge in [0.15, 0.2) is 0 Å². The summed E-state index contributed by atoms with van der Waals surface area (Å²) in [6, 6.07) is 2.74. The van der Waals surface area contributed by atoms with E-state index in [4.69, 9.17) is 5.73 Å². The molecule has 4 N–H and O–H groups in total. The van der Waals surface area contributed by atoms with E-state index >= 15 is 0 Å². The summed E-state index contributed by atoms with van der Waals surface area (Å²) < 4.78 is 27.3. The van der Waals surface area contributed by atoms with Crippen LogP contribution in [0.4, 0.5) is 20.5 Å². The van der Waals surface area contributed by atoms with E-state index < -0.39 is 18.2 Å². The molecule has 2 aromatic heterocycles. The first-order valence-corrected chi connectivity index (χ1v) is 7.36. The summed E-state index contributed by atoms with van der Waals surface area (Å²) in [6.07, 6.45) is 1.57. The summed E-state index contributed by atoms with van der Waals surface area (Å²) in [6.45, 7) is 0.705. The minimum atomic E-state index is -2.72. The summed E-state index contributed by atoms with van der Waals surface area (Å²) in [5.41, 5.74) is 5.02. The number of nitrogens with one attached hydrogen (secondary N) is 1.